The molecule has 2 rings (SSSR count). The molecule has 0 unspecified atom stereocenters. The van der Waals surface area contributed by atoms with Crippen LogP contribution in [0.25, 0.3) is 0 Å². The fourth-order valence-electron chi connectivity index (χ4n) is 2.67. The van der Waals surface area contributed by atoms with Crippen molar-refractivity contribution in [3.8, 4) is 0 Å². The summed E-state index contributed by atoms with van der Waals surface area (Å²) >= 11 is 0. The zero-order chi connectivity index (χ0) is 14.0. The van der Waals surface area contributed by atoms with E-state index < -0.39 is 0 Å². The highest BCUT2D eigenvalue weighted by atomic mass is 14.8. The van der Waals surface area contributed by atoms with E-state index in [2.05, 4.69) is 72.9 Å². The molecule has 0 amide bonds. The molecule has 0 aliphatic heterocycles. The molecule has 0 aromatic heterocycles. The number of hydrogen-bond donors (Lipinski definition) is 1. The minimum atomic E-state index is 0.527. The maximum absolute atomic E-state index is 3.40. The second-order valence-electron chi connectivity index (χ2n) is 5.22. The van der Waals surface area contributed by atoms with Crippen molar-refractivity contribution in [2.75, 3.05) is 13.1 Å². The third kappa shape index (κ3) is 4.50. The van der Waals surface area contributed by atoms with E-state index >= 15 is 0 Å². The molecule has 20 heavy (non-hydrogen) atoms. The Labute approximate surface area is 123 Å². The molecular weight excluding hydrogens is 242 g/mol. The molecule has 0 saturated heterocycles. The van der Waals surface area contributed by atoms with Gasteiger partial charge in [-0.25, -0.2) is 0 Å². The Hall–Kier alpha value is -1.60. The van der Waals surface area contributed by atoms with E-state index in [4.69, 9.17) is 0 Å². The molecule has 1 heteroatoms. The highest BCUT2D eigenvalue weighted by molar-refractivity contribution is 5.32. The summed E-state index contributed by atoms with van der Waals surface area (Å²) in [5.41, 5.74) is 2.87. The van der Waals surface area contributed by atoms with Crippen LogP contribution < -0.4 is 5.32 Å². The number of unbranched alkanes of at least 4 members (excludes halogenated alkanes) is 1. The number of benzene rings is 2. The minimum absolute atomic E-state index is 0.527. The fourth-order valence-corrected chi connectivity index (χ4v) is 2.67. The van der Waals surface area contributed by atoms with Gasteiger partial charge in [0.2, 0.25) is 0 Å². The van der Waals surface area contributed by atoms with Crippen molar-refractivity contribution in [1.29, 1.82) is 0 Å². The molecule has 106 valence electrons. The first-order valence-corrected chi connectivity index (χ1v) is 7.72. The Morgan fingerprint density at radius 1 is 0.800 bits per heavy atom. The van der Waals surface area contributed by atoms with Crippen LogP contribution in [-0.2, 0) is 0 Å². The Bertz CT molecular complexity index is 424. The average Bonchev–Trinajstić information content (AvgIpc) is 2.53. The molecule has 1 nitrogen and oxygen atoms in total. The van der Waals surface area contributed by atoms with Gasteiger partial charge in [-0.15, -0.1) is 0 Å². The topological polar surface area (TPSA) is 12.0 Å². The normalized spacial score (nSPS) is 10.9. The van der Waals surface area contributed by atoms with E-state index in [-0.39, 0.29) is 0 Å². The molecule has 0 bridgehead atoms. The minimum Gasteiger partial charge on any atom is -0.317 e. The van der Waals surface area contributed by atoms with Crippen molar-refractivity contribution in [2.45, 2.75) is 32.1 Å². The molecule has 2 aromatic rings. The van der Waals surface area contributed by atoms with Crippen LogP contribution in [0.15, 0.2) is 60.7 Å². The Morgan fingerprint density at radius 2 is 1.35 bits per heavy atom. The maximum atomic E-state index is 3.40. The lowest BCUT2D eigenvalue weighted by atomic mass is 9.87. The zero-order valence-corrected chi connectivity index (χ0v) is 12.4. The smallest absolute Gasteiger partial charge is 0.00893 e. The van der Waals surface area contributed by atoms with Gasteiger partial charge in [0.25, 0.3) is 0 Å². The van der Waals surface area contributed by atoms with Crippen molar-refractivity contribution >= 4 is 0 Å². The van der Waals surface area contributed by atoms with Crippen LogP contribution in [0.1, 0.15) is 43.2 Å². The lowest BCUT2D eigenvalue weighted by molar-refractivity contribution is 0.589. The van der Waals surface area contributed by atoms with Gasteiger partial charge in [-0.05, 0) is 37.1 Å². The first-order chi connectivity index (χ1) is 9.92. The van der Waals surface area contributed by atoms with Crippen LogP contribution in [0, 0.1) is 0 Å². The van der Waals surface area contributed by atoms with Gasteiger partial charge < -0.3 is 5.32 Å². The van der Waals surface area contributed by atoms with E-state index in [1.165, 1.54) is 30.4 Å². The summed E-state index contributed by atoms with van der Waals surface area (Å²) in [7, 11) is 0. The molecule has 2 aromatic carbocycles. The van der Waals surface area contributed by atoms with Crippen LogP contribution in [0.4, 0.5) is 0 Å². The van der Waals surface area contributed by atoms with Gasteiger partial charge in [0.05, 0.1) is 0 Å². The van der Waals surface area contributed by atoms with Gasteiger partial charge in [0.1, 0.15) is 0 Å². The highest BCUT2D eigenvalue weighted by Crippen LogP contribution is 2.29. The summed E-state index contributed by atoms with van der Waals surface area (Å²) in [6, 6.07) is 21.8. The predicted molar refractivity (Wildman–Crippen MR) is 87.1 cm³/mol. The molecule has 1 N–H and O–H groups in total. The van der Waals surface area contributed by atoms with Crippen molar-refractivity contribution < 1.29 is 0 Å². The molecule has 0 saturated carbocycles. The first kappa shape index (κ1) is 14.8. The SMILES string of the molecule is CCNCCCCC(c1ccccc1)c1ccccc1. The van der Waals surface area contributed by atoms with Crippen LogP contribution in [-0.4, -0.2) is 13.1 Å². The summed E-state index contributed by atoms with van der Waals surface area (Å²) in [6.45, 7) is 4.37. The summed E-state index contributed by atoms with van der Waals surface area (Å²) in [5, 5.41) is 3.40. The fraction of sp³-hybridized carbons (Fsp3) is 0.368. The van der Waals surface area contributed by atoms with Gasteiger partial charge in [-0.3, -0.25) is 0 Å². The summed E-state index contributed by atoms with van der Waals surface area (Å²) in [4.78, 5) is 0. The van der Waals surface area contributed by atoms with Gasteiger partial charge in [0.15, 0.2) is 0 Å². The molecule has 0 atom stereocenters. The number of rotatable bonds is 8. The Kier molecular flexibility index (Phi) is 6.33. The van der Waals surface area contributed by atoms with Gasteiger partial charge in [-0.1, -0.05) is 74.0 Å². The molecule has 0 heterocycles. The summed E-state index contributed by atoms with van der Waals surface area (Å²) < 4.78 is 0. The van der Waals surface area contributed by atoms with Gasteiger partial charge in [-0.2, -0.15) is 0 Å². The standard InChI is InChI=1S/C19H25N/c1-2-20-16-10-9-15-19(17-11-5-3-6-12-17)18-13-7-4-8-14-18/h3-8,11-14,19-20H,2,9-10,15-16H2,1H3. The van der Waals surface area contributed by atoms with Crippen molar-refractivity contribution in [3.63, 3.8) is 0 Å². The zero-order valence-electron chi connectivity index (χ0n) is 12.4. The van der Waals surface area contributed by atoms with Gasteiger partial charge >= 0.3 is 0 Å². The third-order valence-corrected chi connectivity index (χ3v) is 3.75. The molecule has 0 spiro atoms. The predicted octanol–water partition coefficient (Wildman–Crippen LogP) is 4.60. The molecular formula is C19H25N. The van der Waals surface area contributed by atoms with Crippen molar-refractivity contribution in [1.82, 2.24) is 5.32 Å². The van der Waals surface area contributed by atoms with E-state index in [0.717, 1.165) is 13.1 Å². The molecule has 0 radical (unpaired) electrons. The van der Waals surface area contributed by atoms with Crippen molar-refractivity contribution in [2.24, 2.45) is 0 Å². The second-order valence-corrected chi connectivity index (χ2v) is 5.22. The lowest BCUT2D eigenvalue weighted by Gasteiger charge is -2.18. The second kappa shape index (κ2) is 8.55. The van der Waals surface area contributed by atoms with Gasteiger partial charge in [0, 0.05) is 5.92 Å². The monoisotopic (exact) mass is 267 g/mol. The molecule has 0 aliphatic rings. The lowest BCUT2D eigenvalue weighted by Crippen LogP contribution is -2.14. The molecule has 0 fully saturated rings. The van der Waals surface area contributed by atoms with Crippen molar-refractivity contribution in [3.05, 3.63) is 71.8 Å². The van der Waals surface area contributed by atoms with Crippen LogP contribution in [0.2, 0.25) is 0 Å². The number of nitrogens with one attached hydrogen (secondary N) is 1. The molecule has 0 aliphatic carbocycles. The van der Waals surface area contributed by atoms with E-state index in [1.54, 1.807) is 0 Å². The first-order valence-electron chi connectivity index (χ1n) is 7.72. The van der Waals surface area contributed by atoms with E-state index in [0.29, 0.717) is 5.92 Å². The van der Waals surface area contributed by atoms with E-state index in [1.807, 2.05) is 0 Å². The van der Waals surface area contributed by atoms with Crippen LogP contribution >= 0.6 is 0 Å². The Morgan fingerprint density at radius 3 is 1.85 bits per heavy atom. The Balaban J connectivity index is 2.02. The third-order valence-electron chi connectivity index (χ3n) is 3.75. The largest absolute Gasteiger partial charge is 0.317 e. The van der Waals surface area contributed by atoms with Crippen LogP contribution in [0.5, 0.6) is 0 Å². The summed E-state index contributed by atoms with van der Waals surface area (Å²) in [5.74, 6) is 0.527. The quantitative estimate of drug-likeness (QED) is 0.689. The van der Waals surface area contributed by atoms with Crippen LogP contribution in [0.3, 0.4) is 0 Å². The number of hydrogen-bond acceptors (Lipinski definition) is 1. The van der Waals surface area contributed by atoms with E-state index in [9.17, 15) is 0 Å². The average molecular weight is 267 g/mol. The summed E-state index contributed by atoms with van der Waals surface area (Å²) in [6.07, 6.45) is 3.74. The maximum Gasteiger partial charge on any atom is 0.00893 e. The highest BCUT2D eigenvalue weighted by Gasteiger charge is 2.12.